The fourth-order valence-corrected chi connectivity index (χ4v) is 1.75. The molecule has 2 rings (SSSR count). The zero-order valence-corrected chi connectivity index (χ0v) is 11.5. The minimum Gasteiger partial charge on any atom is -0.437 e. The summed E-state index contributed by atoms with van der Waals surface area (Å²) in [7, 11) is 0. The number of hydrogen-bond acceptors (Lipinski definition) is 2. The number of rotatable bonds is 2. The summed E-state index contributed by atoms with van der Waals surface area (Å²) in [6.07, 6.45) is 1.76. The van der Waals surface area contributed by atoms with E-state index in [-0.39, 0.29) is 5.41 Å². The molecule has 0 bridgehead atoms. The first-order valence-electron chi connectivity index (χ1n) is 5.86. The van der Waals surface area contributed by atoms with Gasteiger partial charge in [-0.1, -0.05) is 44.5 Å². The van der Waals surface area contributed by atoms with Gasteiger partial charge in [-0.15, -0.1) is 0 Å². The van der Waals surface area contributed by atoms with E-state index >= 15 is 0 Å². The van der Waals surface area contributed by atoms with Crippen LogP contribution in [0.4, 0.5) is 0 Å². The molecule has 0 aliphatic rings. The van der Waals surface area contributed by atoms with Crippen molar-refractivity contribution in [2.75, 3.05) is 0 Å². The topological polar surface area (TPSA) is 22.1 Å². The van der Waals surface area contributed by atoms with E-state index in [0.717, 1.165) is 0 Å². The van der Waals surface area contributed by atoms with Gasteiger partial charge in [-0.3, -0.25) is 0 Å². The van der Waals surface area contributed by atoms with Gasteiger partial charge in [-0.2, -0.15) is 0 Å². The molecule has 0 atom stereocenters. The van der Waals surface area contributed by atoms with Gasteiger partial charge in [0.15, 0.2) is 0 Å². The maximum Gasteiger partial charge on any atom is 0.219 e. The van der Waals surface area contributed by atoms with Crippen molar-refractivity contribution < 1.29 is 4.74 Å². The molecule has 18 heavy (non-hydrogen) atoms. The number of hydrogen-bond donors (Lipinski definition) is 0. The Morgan fingerprint density at radius 2 is 1.83 bits per heavy atom. The minimum absolute atomic E-state index is 0.0710. The van der Waals surface area contributed by atoms with Crippen molar-refractivity contribution in [3.8, 4) is 11.6 Å². The zero-order chi connectivity index (χ0) is 13.2. The van der Waals surface area contributed by atoms with Crippen molar-refractivity contribution in [3.63, 3.8) is 0 Å². The Morgan fingerprint density at radius 1 is 1.11 bits per heavy atom. The van der Waals surface area contributed by atoms with Crippen LogP contribution in [0.3, 0.4) is 0 Å². The molecular weight excluding hydrogens is 246 g/mol. The summed E-state index contributed by atoms with van der Waals surface area (Å²) in [6, 6.07) is 11.3. The lowest BCUT2D eigenvalue weighted by Gasteiger charge is -2.19. The predicted octanol–water partition coefficient (Wildman–Crippen LogP) is 4.82. The Morgan fingerprint density at radius 3 is 2.50 bits per heavy atom. The lowest BCUT2D eigenvalue weighted by molar-refractivity contribution is 0.459. The van der Waals surface area contributed by atoms with Crippen LogP contribution in [0.15, 0.2) is 42.6 Å². The number of benzene rings is 1. The average molecular weight is 262 g/mol. The van der Waals surface area contributed by atoms with Gasteiger partial charge in [-0.25, -0.2) is 4.98 Å². The molecule has 0 saturated heterocycles. The van der Waals surface area contributed by atoms with Crippen molar-refractivity contribution in [2.24, 2.45) is 0 Å². The Hall–Kier alpha value is -1.54. The third kappa shape index (κ3) is 3.02. The Bertz CT molecular complexity index is 546. The maximum absolute atomic E-state index is 6.05. The molecule has 0 saturated carbocycles. The molecule has 0 N–H and O–H groups in total. The molecule has 0 aliphatic heterocycles. The van der Waals surface area contributed by atoms with Gasteiger partial charge < -0.3 is 4.74 Å². The first-order valence-corrected chi connectivity index (χ1v) is 6.23. The second-order valence-electron chi connectivity index (χ2n) is 5.17. The van der Waals surface area contributed by atoms with E-state index in [1.807, 2.05) is 30.3 Å². The molecule has 0 aliphatic carbocycles. The van der Waals surface area contributed by atoms with Crippen molar-refractivity contribution in [3.05, 3.63) is 53.2 Å². The van der Waals surface area contributed by atoms with Crippen molar-refractivity contribution in [2.45, 2.75) is 26.2 Å². The Labute approximate surface area is 113 Å². The van der Waals surface area contributed by atoms with Gasteiger partial charge in [0.1, 0.15) is 5.75 Å². The van der Waals surface area contributed by atoms with E-state index in [1.54, 1.807) is 12.3 Å². The molecule has 0 radical (unpaired) electrons. The van der Waals surface area contributed by atoms with E-state index in [2.05, 4.69) is 25.8 Å². The molecule has 1 heterocycles. The highest BCUT2D eigenvalue weighted by atomic mass is 35.5. The zero-order valence-electron chi connectivity index (χ0n) is 10.8. The highest BCUT2D eigenvalue weighted by Crippen LogP contribution is 2.30. The first kappa shape index (κ1) is 12.9. The monoisotopic (exact) mass is 261 g/mol. The van der Waals surface area contributed by atoms with E-state index in [1.165, 1.54) is 5.56 Å². The number of nitrogens with zero attached hydrogens (tertiary/aromatic N) is 1. The SMILES string of the molecule is CC(C)(C)c1ccnc(Oc2ccccc2Cl)c1. The molecule has 2 aromatic rings. The molecular formula is C15H16ClNO. The molecule has 1 aromatic heterocycles. The predicted molar refractivity (Wildman–Crippen MR) is 74.5 cm³/mol. The summed E-state index contributed by atoms with van der Waals surface area (Å²) in [5.74, 6) is 1.19. The van der Waals surface area contributed by atoms with Gasteiger partial charge in [0.05, 0.1) is 5.02 Å². The molecule has 0 fully saturated rings. The third-order valence-electron chi connectivity index (χ3n) is 2.65. The molecule has 1 aromatic carbocycles. The summed E-state index contributed by atoms with van der Waals surface area (Å²) in [6.45, 7) is 6.46. The number of pyridine rings is 1. The molecule has 0 spiro atoms. The fraction of sp³-hybridized carbons (Fsp3) is 0.267. The van der Waals surface area contributed by atoms with Crippen LogP contribution >= 0.6 is 11.6 Å². The summed E-state index contributed by atoms with van der Waals surface area (Å²) in [5, 5.41) is 0.584. The molecule has 0 unspecified atom stereocenters. The first-order chi connectivity index (χ1) is 8.47. The van der Waals surface area contributed by atoms with Crippen LogP contribution in [-0.2, 0) is 5.41 Å². The van der Waals surface area contributed by atoms with Crippen molar-refractivity contribution in [1.29, 1.82) is 0 Å². The van der Waals surface area contributed by atoms with Gasteiger partial charge in [0.2, 0.25) is 5.88 Å². The third-order valence-corrected chi connectivity index (χ3v) is 2.96. The highest BCUT2D eigenvalue weighted by molar-refractivity contribution is 6.32. The van der Waals surface area contributed by atoms with Crippen LogP contribution < -0.4 is 4.74 Å². The van der Waals surface area contributed by atoms with Crippen LogP contribution in [0.2, 0.25) is 5.02 Å². The Kier molecular flexibility index (Phi) is 3.58. The lowest BCUT2D eigenvalue weighted by atomic mass is 9.88. The normalized spacial score (nSPS) is 11.3. The quantitative estimate of drug-likeness (QED) is 0.773. The van der Waals surface area contributed by atoms with E-state index < -0.39 is 0 Å². The molecule has 2 nitrogen and oxygen atoms in total. The largest absolute Gasteiger partial charge is 0.437 e. The summed E-state index contributed by atoms with van der Waals surface area (Å²) in [5.41, 5.74) is 1.25. The number of aromatic nitrogens is 1. The van der Waals surface area contributed by atoms with Crippen molar-refractivity contribution in [1.82, 2.24) is 4.98 Å². The number of halogens is 1. The Balaban J connectivity index is 2.28. The fourth-order valence-electron chi connectivity index (χ4n) is 1.57. The van der Waals surface area contributed by atoms with Gasteiger partial charge in [0.25, 0.3) is 0 Å². The van der Waals surface area contributed by atoms with E-state index in [0.29, 0.717) is 16.7 Å². The second-order valence-corrected chi connectivity index (χ2v) is 5.57. The molecule has 0 amide bonds. The van der Waals surface area contributed by atoms with Crippen LogP contribution in [0.5, 0.6) is 11.6 Å². The van der Waals surface area contributed by atoms with E-state index in [9.17, 15) is 0 Å². The van der Waals surface area contributed by atoms with Gasteiger partial charge in [-0.05, 0) is 29.2 Å². The average Bonchev–Trinajstić information content (AvgIpc) is 2.31. The summed E-state index contributed by atoms with van der Waals surface area (Å²) < 4.78 is 5.70. The van der Waals surface area contributed by atoms with Gasteiger partial charge >= 0.3 is 0 Å². The standard InChI is InChI=1S/C15H16ClNO/c1-15(2,3)11-8-9-17-14(10-11)18-13-7-5-4-6-12(13)16/h4-10H,1-3H3. The highest BCUT2D eigenvalue weighted by Gasteiger charge is 2.15. The van der Waals surface area contributed by atoms with Crippen LogP contribution in [0, 0.1) is 0 Å². The minimum atomic E-state index is 0.0710. The summed E-state index contributed by atoms with van der Waals surface area (Å²) in [4.78, 5) is 4.21. The van der Waals surface area contributed by atoms with Crippen LogP contribution in [0.1, 0.15) is 26.3 Å². The second kappa shape index (κ2) is 4.99. The summed E-state index contributed by atoms with van der Waals surface area (Å²) >= 11 is 6.05. The van der Waals surface area contributed by atoms with E-state index in [4.69, 9.17) is 16.3 Å². The maximum atomic E-state index is 6.05. The van der Waals surface area contributed by atoms with Crippen LogP contribution in [-0.4, -0.2) is 4.98 Å². The van der Waals surface area contributed by atoms with Crippen LogP contribution in [0.25, 0.3) is 0 Å². The molecule has 3 heteroatoms. The number of ether oxygens (including phenoxy) is 1. The van der Waals surface area contributed by atoms with Gasteiger partial charge in [0, 0.05) is 12.3 Å². The molecule has 94 valence electrons. The lowest BCUT2D eigenvalue weighted by Crippen LogP contribution is -2.11. The smallest absolute Gasteiger partial charge is 0.219 e. The number of para-hydroxylation sites is 1. The van der Waals surface area contributed by atoms with Crippen molar-refractivity contribution >= 4 is 11.6 Å².